The summed E-state index contributed by atoms with van der Waals surface area (Å²) in [6, 6.07) is 11.1. The van der Waals surface area contributed by atoms with Crippen LogP contribution < -0.4 is 4.90 Å². The molecule has 2 aromatic rings. The smallest absolute Gasteiger partial charge is 0.0726 e. The molecule has 0 radical (unpaired) electrons. The molecule has 0 N–H and O–H groups in total. The lowest BCUT2D eigenvalue weighted by molar-refractivity contribution is 0.437. The summed E-state index contributed by atoms with van der Waals surface area (Å²) in [4.78, 5) is 7.62. The quantitative estimate of drug-likeness (QED) is 0.749. The molecule has 0 atom stereocenters. The zero-order valence-corrected chi connectivity index (χ0v) is 13.4. The summed E-state index contributed by atoms with van der Waals surface area (Å²) in [5.41, 5.74) is 3.97. The van der Waals surface area contributed by atoms with E-state index in [4.69, 9.17) is 4.98 Å². The maximum Gasteiger partial charge on any atom is 0.0726 e. The number of piperidine rings is 1. The lowest BCUT2D eigenvalue weighted by Gasteiger charge is -2.31. The molecule has 116 valence electrons. The molecule has 22 heavy (non-hydrogen) atoms. The standard InChI is InChI=1S/C20H26N2/c1-3-9-16(10-4-1)19-15-20(22-13-7-2-8-14-22)17-11-5-6-12-18(17)21-19/h5-6,11-12,15-16H,1-4,7-10,13-14H2. The largest absolute Gasteiger partial charge is 0.371 e. The van der Waals surface area contributed by atoms with Gasteiger partial charge in [-0.2, -0.15) is 0 Å². The maximum absolute atomic E-state index is 5.03. The van der Waals surface area contributed by atoms with E-state index in [2.05, 4.69) is 35.2 Å². The van der Waals surface area contributed by atoms with Crippen LogP contribution in [0.2, 0.25) is 0 Å². The van der Waals surface area contributed by atoms with Gasteiger partial charge in [0.2, 0.25) is 0 Å². The van der Waals surface area contributed by atoms with E-state index in [9.17, 15) is 0 Å². The summed E-state index contributed by atoms with van der Waals surface area (Å²) < 4.78 is 0. The molecule has 1 saturated carbocycles. The van der Waals surface area contributed by atoms with Crippen molar-refractivity contribution < 1.29 is 0 Å². The van der Waals surface area contributed by atoms with Gasteiger partial charge in [0.15, 0.2) is 0 Å². The minimum atomic E-state index is 0.682. The van der Waals surface area contributed by atoms with Crippen LogP contribution >= 0.6 is 0 Å². The number of aromatic nitrogens is 1. The minimum absolute atomic E-state index is 0.682. The Balaban J connectivity index is 1.78. The van der Waals surface area contributed by atoms with E-state index in [-0.39, 0.29) is 0 Å². The third-order valence-electron chi connectivity index (χ3n) is 5.43. The maximum atomic E-state index is 5.03. The number of rotatable bonds is 2. The normalized spacial score (nSPS) is 20.5. The Hall–Kier alpha value is -1.57. The molecule has 0 spiro atoms. The Morgan fingerprint density at radius 1 is 0.864 bits per heavy atom. The number of para-hydroxylation sites is 1. The number of nitrogens with zero attached hydrogens (tertiary/aromatic N) is 2. The lowest BCUT2D eigenvalue weighted by Crippen LogP contribution is -2.29. The molecule has 4 rings (SSSR count). The number of anilines is 1. The van der Waals surface area contributed by atoms with E-state index in [1.165, 1.54) is 86.7 Å². The average molecular weight is 294 g/mol. The molecule has 0 unspecified atom stereocenters. The van der Waals surface area contributed by atoms with Crippen LogP contribution in [0.3, 0.4) is 0 Å². The fraction of sp³-hybridized carbons (Fsp3) is 0.550. The SMILES string of the molecule is c1ccc2c(N3CCCCC3)cc(C3CCCCC3)nc2c1. The van der Waals surface area contributed by atoms with Crippen molar-refractivity contribution in [1.29, 1.82) is 0 Å². The monoisotopic (exact) mass is 294 g/mol. The second kappa shape index (κ2) is 6.28. The third-order valence-corrected chi connectivity index (χ3v) is 5.43. The minimum Gasteiger partial charge on any atom is -0.371 e. The van der Waals surface area contributed by atoms with E-state index < -0.39 is 0 Å². The van der Waals surface area contributed by atoms with Crippen molar-refractivity contribution >= 4 is 16.6 Å². The van der Waals surface area contributed by atoms with Crippen LogP contribution in [-0.2, 0) is 0 Å². The van der Waals surface area contributed by atoms with Crippen molar-refractivity contribution in [1.82, 2.24) is 4.98 Å². The molecule has 2 heterocycles. The summed E-state index contributed by atoms with van der Waals surface area (Å²) in [5, 5.41) is 1.34. The van der Waals surface area contributed by atoms with Crippen LogP contribution in [0.25, 0.3) is 10.9 Å². The summed E-state index contributed by atoms with van der Waals surface area (Å²) in [7, 11) is 0. The van der Waals surface area contributed by atoms with Gasteiger partial charge >= 0.3 is 0 Å². The van der Waals surface area contributed by atoms with Gasteiger partial charge in [0.25, 0.3) is 0 Å². The number of benzene rings is 1. The number of hydrogen-bond acceptors (Lipinski definition) is 2. The van der Waals surface area contributed by atoms with E-state index in [0.717, 1.165) is 0 Å². The Bertz CT molecular complexity index is 637. The molecule has 0 amide bonds. The van der Waals surface area contributed by atoms with E-state index >= 15 is 0 Å². The van der Waals surface area contributed by atoms with Crippen molar-refractivity contribution in [2.45, 2.75) is 57.3 Å². The molecule has 0 bridgehead atoms. The first-order valence-corrected chi connectivity index (χ1v) is 9.06. The summed E-state index contributed by atoms with van der Waals surface area (Å²) in [6.45, 7) is 2.41. The van der Waals surface area contributed by atoms with Gasteiger partial charge in [-0.3, -0.25) is 4.98 Å². The molecule has 1 aromatic heterocycles. The van der Waals surface area contributed by atoms with Crippen molar-refractivity contribution in [3.8, 4) is 0 Å². The van der Waals surface area contributed by atoms with Crippen LogP contribution in [0.15, 0.2) is 30.3 Å². The molecule has 1 aromatic carbocycles. The first-order valence-electron chi connectivity index (χ1n) is 9.06. The zero-order valence-electron chi connectivity index (χ0n) is 13.4. The van der Waals surface area contributed by atoms with Gasteiger partial charge in [-0.1, -0.05) is 37.5 Å². The predicted octanol–water partition coefficient (Wildman–Crippen LogP) is 5.27. The molecular formula is C20H26N2. The second-order valence-corrected chi connectivity index (χ2v) is 6.97. The van der Waals surface area contributed by atoms with Gasteiger partial charge in [0.05, 0.1) is 5.52 Å². The molecule has 2 heteroatoms. The Morgan fingerprint density at radius 2 is 1.59 bits per heavy atom. The van der Waals surface area contributed by atoms with Crippen LogP contribution in [-0.4, -0.2) is 18.1 Å². The van der Waals surface area contributed by atoms with E-state index in [0.29, 0.717) is 5.92 Å². The van der Waals surface area contributed by atoms with Gasteiger partial charge in [-0.15, -0.1) is 0 Å². The first-order chi connectivity index (χ1) is 10.9. The van der Waals surface area contributed by atoms with Crippen LogP contribution in [0.1, 0.15) is 63.0 Å². The fourth-order valence-electron chi connectivity index (χ4n) is 4.18. The molecule has 1 aliphatic carbocycles. The number of pyridine rings is 1. The van der Waals surface area contributed by atoms with Gasteiger partial charge in [-0.05, 0) is 44.2 Å². The van der Waals surface area contributed by atoms with Crippen LogP contribution in [0.5, 0.6) is 0 Å². The number of fused-ring (bicyclic) bond motifs is 1. The van der Waals surface area contributed by atoms with Crippen LogP contribution in [0.4, 0.5) is 5.69 Å². The van der Waals surface area contributed by atoms with E-state index in [1.54, 1.807) is 0 Å². The highest BCUT2D eigenvalue weighted by Gasteiger charge is 2.21. The van der Waals surface area contributed by atoms with E-state index in [1.807, 2.05) is 0 Å². The average Bonchev–Trinajstić information content (AvgIpc) is 2.62. The van der Waals surface area contributed by atoms with Crippen molar-refractivity contribution in [2.75, 3.05) is 18.0 Å². The summed E-state index contributed by atoms with van der Waals surface area (Å²) in [5.74, 6) is 0.682. The fourth-order valence-corrected chi connectivity index (χ4v) is 4.18. The summed E-state index contributed by atoms with van der Waals surface area (Å²) >= 11 is 0. The molecular weight excluding hydrogens is 268 g/mol. The molecule has 2 aliphatic rings. The third kappa shape index (κ3) is 2.71. The molecule has 2 fully saturated rings. The second-order valence-electron chi connectivity index (χ2n) is 6.97. The van der Waals surface area contributed by atoms with Gasteiger partial charge in [-0.25, -0.2) is 0 Å². The highest BCUT2D eigenvalue weighted by molar-refractivity contribution is 5.92. The predicted molar refractivity (Wildman–Crippen MR) is 93.6 cm³/mol. The van der Waals surface area contributed by atoms with Crippen LogP contribution in [0, 0.1) is 0 Å². The molecule has 1 saturated heterocycles. The Kier molecular flexibility index (Phi) is 4.01. The lowest BCUT2D eigenvalue weighted by atomic mass is 9.86. The Labute approximate surface area is 133 Å². The topological polar surface area (TPSA) is 16.1 Å². The summed E-state index contributed by atoms with van der Waals surface area (Å²) in [6.07, 6.45) is 10.8. The van der Waals surface area contributed by atoms with Crippen molar-refractivity contribution in [2.24, 2.45) is 0 Å². The van der Waals surface area contributed by atoms with Crippen molar-refractivity contribution in [3.05, 3.63) is 36.0 Å². The van der Waals surface area contributed by atoms with Crippen molar-refractivity contribution in [3.63, 3.8) is 0 Å². The van der Waals surface area contributed by atoms with Gasteiger partial charge in [0, 0.05) is 35.8 Å². The molecule has 1 aliphatic heterocycles. The van der Waals surface area contributed by atoms with Gasteiger partial charge in [0.1, 0.15) is 0 Å². The number of hydrogen-bond donors (Lipinski definition) is 0. The highest BCUT2D eigenvalue weighted by Crippen LogP contribution is 2.36. The Morgan fingerprint density at radius 3 is 2.41 bits per heavy atom. The molecule has 2 nitrogen and oxygen atoms in total. The van der Waals surface area contributed by atoms with Gasteiger partial charge < -0.3 is 4.90 Å². The highest BCUT2D eigenvalue weighted by atomic mass is 15.1. The zero-order chi connectivity index (χ0) is 14.8. The first kappa shape index (κ1) is 14.0.